The molecule has 0 N–H and O–H groups in total. The van der Waals surface area contributed by atoms with E-state index in [-0.39, 0.29) is 0 Å². The minimum atomic E-state index is 0.947. The highest BCUT2D eigenvalue weighted by Crippen LogP contribution is 2.77. The molecule has 0 aliphatic heterocycles. The Kier molecular flexibility index (Phi) is 11.6. The van der Waals surface area contributed by atoms with Gasteiger partial charge in [-0.1, -0.05) is 89.9 Å². The van der Waals surface area contributed by atoms with Crippen LogP contribution in [0.4, 0.5) is 0 Å². The van der Waals surface area contributed by atoms with E-state index < -0.39 is 0 Å². The third kappa shape index (κ3) is 6.68. The molecule has 24 unspecified atom stereocenters. The molecule has 16 rings (SSSR count). The molecule has 24 atom stereocenters. The molecule has 68 heavy (non-hydrogen) atoms. The van der Waals surface area contributed by atoms with Gasteiger partial charge in [0.15, 0.2) is 0 Å². The van der Waals surface area contributed by atoms with Crippen LogP contribution in [0.3, 0.4) is 0 Å². The molecule has 0 aromatic heterocycles. The van der Waals surface area contributed by atoms with Crippen molar-refractivity contribution in [2.45, 2.75) is 280 Å². The van der Waals surface area contributed by atoms with Gasteiger partial charge in [0, 0.05) is 36.3 Å². The molecule has 16 saturated carbocycles. The lowest BCUT2D eigenvalue weighted by Gasteiger charge is -2.55. The maximum absolute atomic E-state index is 3.39. The molecule has 2 heteroatoms. The van der Waals surface area contributed by atoms with Gasteiger partial charge in [-0.05, 0) is 284 Å². The van der Waals surface area contributed by atoms with Crippen molar-refractivity contribution in [3.05, 3.63) is 0 Å². The quantitative estimate of drug-likeness (QED) is 0.262. The fraction of sp³-hybridized carbons (Fsp3) is 1.00. The molecule has 16 fully saturated rings. The lowest BCUT2D eigenvalue weighted by Crippen LogP contribution is -2.57. The summed E-state index contributed by atoms with van der Waals surface area (Å²) in [6.07, 6.45) is 60.7. The summed E-state index contributed by atoms with van der Waals surface area (Å²) in [5.74, 6) is 25.1. The lowest BCUT2D eigenvalue weighted by atomic mass is 9.57. The molecule has 0 amide bonds. The van der Waals surface area contributed by atoms with Crippen LogP contribution in [0.1, 0.15) is 244 Å². The summed E-state index contributed by atoms with van der Waals surface area (Å²) in [5, 5.41) is 0. The van der Waals surface area contributed by atoms with E-state index in [1.807, 2.05) is 0 Å². The minimum absolute atomic E-state index is 0.947. The molecular weight excluding hydrogens is 821 g/mol. The van der Waals surface area contributed by atoms with Crippen LogP contribution in [0.5, 0.6) is 0 Å². The summed E-state index contributed by atoms with van der Waals surface area (Å²) >= 11 is 0. The second-order valence-corrected chi connectivity index (χ2v) is 30.6. The zero-order chi connectivity index (χ0) is 44.2. The van der Waals surface area contributed by atoms with E-state index in [0.717, 1.165) is 155 Å². The fourth-order valence-corrected chi connectivity index (χ4v) is 28.1. The Labute approximate surface area is 418 Å². The van der Waals surface area contributed by atoms with Gasteiger partial charge in [0.1, 0.15) is 0 Å². The van der Waals surface area contributed by atoms with Crippen molar-refractivity contribution in [1.29, 1.82) is 0 Å². The standard InChI is InChI=1S/C66H104N2/c1-5-15-39(16-6-1)67(40-17-7-2-8-18-40)61-33-31-45-55-37-59-49-29-30-50-60-38-56-46-32-34-62(68(41-19-9-3-10-20-41)42-21-11-4-12-22-42)52-26-14-24-44(64(46)52)54(56)36-58(60)48-28-27-47(65(49)66(48)50)57(59)35-53(55)43-23-13-25-51(61)63(43)45/h39-66H,1-38H2. The maximum Gasteiger partial charge on any atom is 0.0132 e. The van der Waals surface area contributed by atoms with Gasteiger partial charge in [0.2, 0.25) is 0 Å². The number of rotatable bonds is 6. The summed E-state index contributed by atoms with van der Waals surface area (Å²) < 4.78 is 0. The Morgan fingerprint density at radius 3 is 0.691 bits per heavy atom. The van der Waals surface area contributed by atoms with Gasteiger partial charge in [-0.2, -0.15) is 0 Å². The highest BCUT2D eigenvalue weighted by Gasteiger charge is 2.70. The van der Waals surface area contributed by atoms with Crippen LogP contribution in [0.15, 0.2) is 0 Å². The Morgan fingerprint density at radius 2 is 0.397 bits per heavy atom. The van der Waals surface area contributed by atoms with Crippen LogP contribution in [-0.2, 0) is 0 Å². The second-order valence-electron chi connectivity index (χ2n) is 30.6. The topological polar surface area (TPSA) is 6.48 Å². The van der Waals surface area contributed by atoms with Gasteiger partial charge >= 0.3 is 0 Å². The Morgan fingerprint density at radius 1 is 0.162 bits per heavy atom. The number of hydrogen-bond donors (Lipinski definition) is 0. The van der Waals surface area contributed by atoms with Crippen LogP contribution in [0, 0.1) is 130 Å². The first-order valence-electron chi connectivity index (χ1n) is 33.3. The molecule has 0 spiro atoms. The van der Waals surface area contributed by atoms with Gasteiger partial charge in [-0.25, -0.2) is 0 Å². The van der Waals surface area contributed by atoms with Crippen molar-refractivity contribution >= 4 is 0 Å². The van der Waals surface area contributed by atoms with Crippen LogP contribution < -0.4 is 0 Å². The van der Waals surface area contributed by atoms with Crippen molar-refractivity contribution in [2.24, 2.45) is 130 Å². The minimum Gasteiger partial charge on any atom is -0.294 e. The fourth-order valence-electron chi connectivity index (χ4n) is 28.1. The Balaban J connectivity index is 0.632. The zero-order valence-corrected chi connectivity index (χ0v) is 43.9. The molecule has 0 bridgehead atoms. The van der Waals surface area contributed by atoms with Crippen LogP contribution in [-0.4, -0.2) is 46.1 Å². The molecule has 0 saturated heterocycles. The van der Waals surface area contributed by atoms with Crippen LogP contribution in [0.25, 0.3) is 0 Å². The predicted molar refractivity (Wildman–Crippen MR) is 279 cm³/mol. The number of fused-ring (bicyclic) bond motifs is 12. The number of hydrogen-bond acceptors (Lipinski definition) is 2. The van der Waals surface area contributed by atoms with Crippen molar-refractivity contribution in [3.8, 4) is 0 Å². The summed E-state index contributed by atoms with van der Waals surface area (Å²) in [6, 6.07) is 5.72. The average Bonchev–Trinajstić information content (AvgIpc) is 4.11. The molecule has 0 heterocycles. The molecular formula is C66H104N2. The van der Waals surface area contributed by atoms with Crippen molar-refractivity contribution in [1.82, 2.24) is 9.80 Å². The van der Waals surface area contributed by atoms with E-state index in [0.29, 0.717) is 0 Å². The smallest absolute Gasteiger partial charge is 0.0132 e. The predicted octanol–water partition coefficient (Wildman–Crippen LogP) is 16.4. The van der Waals surface area contributed by atoms with Crippen molar-refractivity contribution in [2.75, 3.05) is 0 Å². The molecule has 0 aromatic rings. The van der Waals surface area contributed by atoms with Crippen LogP contribution >= 0.6 is 0 Å². The molecule has 0 aromatic carbocycles. The first-order chi connectivity index (χ1) is 33.8. The van der Waals surface area contributed by atoms with Gasteiger partial charge in [-0.3, -0.25) is 9.80 Å². The molecule has 16 aliphatic carbocycles. The highest BCUT2D eigenvalue weighted by molar-refractivity contribution is 5.19. The Bertz CT molecular complexity index is 1560. The lowest BCUT2D eigenvalue weighted by molar-refractivity contribution is -0.0564. The van der Waals surface area contributed by atoms with E-state index in [1.165, 1.54) is 88.9 Å². The maximum atomic E-state index is 3.39. The molecule has 0 radical (unpaired) electrons. The van der Waals surface area contributed by atoms with Crippen LogP contribution in [0.2, 0.25) is 0 Å². The average molecular weight is 926 g/mol. The van der Waals surface area contributed by atoms with Crippen molar-refractivity contribution < 1.29 is 0 Å². The summed E-state index contributed by atoms with van der Waals surface area (Å²) in [5.41, 5.74) is 0. The summed E-state index contributed by atoms with van der Waals surface area (Å²) in [6.45, 7) is 0. The summed E-state index contributed by atoms with van der Waals surface area (Å²) in [4.78, 5) is 6.79. The van der Waals surface area contributed by atoms with E-state index in [9.17, 15) is 0 Å². The van der Waals surface area contributed by atoms with E-state index >= 15 is 0 Å². The van der Waals surface area contributed by atoms with Gasteiger partial charge < -0.3 is 0 Å². The third-order valence-electron chi connectivity index (χ3n) is 29.3. The summed E-state index contributed by atoms with van der Waals surface area (Å²) in [7, 11) is 0. The first-order valence-corrected chi connectivity index (χ1v) is 33.3. The van der Waals surface area contributed by atoms with E-state index in [2.05, 4.69) is 9.80 Å². The van der Waals surface area contributed by atoms with Gasteiger partial charge in [0.05, 0.1) is 0 Å². The molecule has 378 valence electrons. The Hall–Kier alpha value is -0.0800. The molecule has 2 nitrogen and oxygen atoms in total. The normalized spacial score (nSPS) is 55.5. The highest BCUT2D eigenvalue weighted by atomic mass is 15.2. The first kappa shape index (κ1) is 44.2. The van der Waals surface area contributed by atoms with Gasteiger partial charge in [-0.15, -0.1) is 0 Å². The molecule has 16 aliphatic rings. The largest absolute Gasteiger partial charge is 0.294 e. The number of nitrogens with zero attached hydrogens (tertiary/aromatic N) is 2. The zero-order valence-electron chi connectivity index (χ0n) is 43.9. The second kappa shape index (κ2) is 17.8. The van der Waals surface area contributed by atoms with Gasteiger partial charge in [0.25, 0.3) is 0 Å². The monoisotopic (exact) mass is 925 g/mol. The van der Waals surface area contributed by atoms with E-state index in [1.54, 1.807) is 167 Å². The third-order valence-corrected chi connectivity index (χ3v) is 29.3. The van der Waals surface area contributed by atoms with Crippen molar-refractivity contribution in [3.63, 3.8) is 0 Å². The SMILES string of the molecule is C1CCC(N(C2CCCCC2)C2CCC3C4CC5C(CC4C4CCCC2C43)C2CCC3C4CC6C(CC4C4CCC5C2C34)C2CCC(N(C3CCCCC3)C3CCCCC3)C3CCCC6C23)CC1. The van der Waals surface area contributed by atoms with E-state index in [4.69, 9.17) is 0 Å².